The molecule has 0 aliphatic carbocycles. The monoisotopic (exact) mass is 310 g/mol. The molecule has 0 saturated carbocycles. The van der Waals surface area contributed by atoms with Crippen molar-refractivity contribution in [2.24, 2.45) is 0 Å². The van der Waals surface area contributed by atoms with Gasteiger partial charge in [-0.05, 0) is 36.8 Å². The SMILES string of the molecule is Cc1cccc(N)c1Nc1ccc(Br)cc1Cl. The van der Waals surface area contributed by atoms with Crippen molar-refractivity contribution in [3.05, 3.63) is 51.5 Å². The number of nitrogens with two attached hydrogens (primary N) is 1. The Morgan fingerprint density at radius 1 is 1.24 bits per heavy atom. The summed E-state index contributed by atoms with van der Waals surface area (Å²) >= 11 is 9.52. The molecule has 0 heterocycles. The largest absolute Gasteiger partial charge is 0.397 e. The van der Waals surface area contributed by atoms with Crippen LogP contribution in [0.1, 0.15) is 5.56 Å². The number of para-hydroxylation sites is 1. The lowest BCUT2D eigenvalue weighted by atomic mass is 10.1. The quantitative estimate of drug-likeness (QED) is 0.786. The molecule has 3 N–H and O–H groups in total. The molecule has 0 amide bonds. The Bertz CT molecular complexity index is 535. The van der Waals surface area contributed by atoms with Gasteiger partial charge in [0.1, 0.15) is 0 Å². The first-order chi connectivity index (χ1) is 8.08. The molecule has 2 rings (SSSR count). The van der Waals surface area contributed by atoms with Crippen LogP contribution in [0.4, 0.5) is 17.1 Å². The zero-order valence-corrected chi connectivity index (χ0v) is 11.6. The Hall–Kier alpha value is -1.19. The second kappa shape index (κ2) is 4.98. The lowest BCUT2D eigenvalue weighted by molar-refractivity contribution is 1.43. The molecule has 0 aromatic heterocycles. The van der Waals surface area contributed by atoms with Gasteiger partial charge in [0.15, 0.2) is 0 Å². The first-order valence-electron chi connectivity index (χ1n) is 5.15. The maximum Gasteiger partial charge on any atom is 0.0652 e. The highest BCUT2D eigenvalue weighted by molar-refractivity contribution is 9.10. The molecular weight excluding hydrogens is 300 g/mol. The van der Waals surface area contributed by atoms with Crippen molar-refractivity contribution >= 4 is 44.6 Å². The van der Waals surface area contributed by atoms with Crippen LogP contribution in [0.15, 0.2) is 40.9 Å². The minimum Gasteiger partial charge on any atom is -0.397 e. The van der Waals surface area contributed by atoms with Crippen molar-refractivity contribution in [1.82, 2.24) is 0 Å². The lowest BCUT2D eigenvalue weighted by Gasteiger charge is -2.13. The summed E-state index contributed by atoms with van der Waals surface area (Å²) in [5, 5.41) is 3.91. The molecule has 0 aliphatic rings. The van der Waals surface area contributed by atoms with Crippen molar-refractivity contribution < 1.29 is 0 Å². The summed E-state index contributed by atoms with van der Waals surface area (Å²) < 4.78 is 0.950. The number of hydrogen-bond acceptors (Lipinski definition) is 2. The van der Waals surface area contributed by atoms with Crippen molar-refractivity contribution in [2.75, 3.05) is 11.1 Å². The van der Waals surface area contributed by atoms with Crippen LogP contribution in [-0.4, -0.2) is 0 Å². The molecule has 0 atom stereocenters. The molecule has 0 bridgehead atoms. The van der Waals surface area contributed by atoms with E-state index in [-0.39, 0.29) is 0 Å². The van der Waals surface area contributed by atoms with Crippen molar-refractivity contribution in [3.8, 4) is 0 Å². The van der Waals surface area contributed by atoms with E-state index < -0.39 is 0 Å². The van der Waals surface area contributed by atoms with Gasteiger partial charge in [0, 0.05) is 4.47 Å². The Labute approximate surface area is 114 Å². The maximum atomic E-state index is 6.15. The van der Waals surface area contributed by atoms with Gasteiger partial charge in [-0.1, -0.05) is 39.7 Å². The van der Waals surface area contributed by atoms with Crippen molar-refractivity contribution in [1.29, 1.82) is 0 Å². The second-order valence-corrected chi connectivity index (χ2v) is 5.11. The normalized spacial score (nSPS) is 10.3. The van der Waals surface area contributed by atoms with Crippen LogP contribution in [0.5, 0.6) is 0 Å². The molecule has 4 heteroatoms. The number of nitrogens with one attached hydrogen (secondary N) is 1. The van der Waals surface area contributed by atoms with E-state index in [4.69, 9.17) is 17.3 Å². The van der Waals surface area contributed by atoms with E-state index >= 15 is 0 Å². The number of anilines is 3. The van der Waals surface area contributed by atoms with Crippen LogP contribution in [0, 0.1) is 6.92 Å². The zero-order valence-electron chi connectivity index (χ0n) is 9.30. The number of benzene rings is 2. The van der Waals surface area contributed by atoms with E-state index in [0.717, 1.165) is 21.4 Å². The van der Waals surface area contributed by atoms with Gasteiger partial charge in [-0.15, -0.1) is 0 Å². The van der Waals surface area contributed by atoms with Gasteiger partial charge < -0.3 is 11.1 Å². The third-order valence-electron chi connectivity index (χ3n) is 2.50. The van der Waals surface area contributed by atoms with Gasteiger partial charge in [-0.25, -0.2) is 0 Å². The van der Waals surface area contributed by atoms with Crippen LogP contribution in [0.2, 0.25) is 5.02 Å². The molecule has 2 nitrogen and oxygen atoms in total. The van der Waals surface area contributed by atoms with E-state index in [9.17, 15) is 0 Å². The van der Waals surface area contributed by atoms with Gasteiger partial charge in [-0.2, -0.15) is 0 Å². The standard InChI is InChI=1S/C13H12BrClN2/c1-8-3-2-4-11(16)13(8)17-12-6-5-9(14)7-10(12)15/h2-7,17H,16H2,1H3. The number of rotatable bonds is 2. The minimum atomic E-state index is 0.655. The summed E-state index contributed by atoms with van der Waals surface area (Å²) in [5.41, 5.74) is 9.48. The summed E-state index contributed by atoms with van der Waals surface area (Å²) in [4.78, 5) is 0. The minimum absolute atomic E-state index is 0.655. The molecule has 17 heavy (non-hydrogen) atoms. The molecule has 0 radical (unpaired) electrons. The van der Waals surface area contributed by atoms with Crippen molar-refractivity contribution in [3.63, 3.8) is 0 Å². The van der Waals surface area contributed by atoms with Crippen LogP contribution in [-0.2, 0) is 0 Å². The average molecular weight is 312 g/mol. The Morgan fingerprint density at radius 2 is 2.00 bits per heavy atom. The average Bonchev–Trinajstić information content (AvgIpc) is 2.26. The fourth-order valence-electron chi connectivity index (χ4n) is 1.59. The summed E-state index contributed by atoms with van der Waals surface area (Å²) in [6.45, 7) is 2.01. The third-order valence-corrected chi connectivity index (χ3v) is 3.30. The highest BCUT2D eigenvalue weighted by Gasteiger charge is 2.06. The first-order valence-corrected chi connectivity index (χ1v) is 6.32. The number of halogens is 2. The van der Waals surface area contributed by atoms with Gasteiger partial charge >= 0.3 is 0 Å². The van der Waals surface area contributed by atoms with E-state index in [1.165, 1.54) is 0 Å². The summed E-state index contributed by atoms with van der Waals surface area (Å²) in [6, 6.07) is 11.5. The van der Waals surface area contributed by atoms with E-state index in [1.54, 1.807) is 0 Å². The molecule has 0 saturated heterocycles. The van der Waals surface area contributed by atoms with E-state index in [0.29, 0.717) is 10.7 Å². The summed E-state index contributed by atoms with van der Waals surface area (Å²) in [6.07, 6.45) is 0. The van der Waals surface area contributed by atoms with E-state index in [1.807, 2.05) is 43.3 Å². The predicted molar refractivity (Wildman–Crippen MR) is 78.0 cm³/mol. The molecule has 0 aliphatic heterocycles. The highest BCUT2D eigenvalue weighted by atomic mass is 79.9. The summed E-state index contributed by atoms with van der Waals surface area (Å²) in [7, 11) is 0. The van der Waals surface area contributed by atoms with E-state index in [2.05, 4.69) is 21.2 Å². The Morgan fingerprint density at radius 3 is 2.65 bits per heavy atom. The zero-order chi connectivity index (χ0) is 12.4. The second-order valence-electron chi connectivity index (χ2n) is 3.79. The van der Waals surface area contributed by atoms with Crippen LogP contribution >= 0.6 is 27.5 Å². The number of hydrogen-bond donors (Lipinski definition) is 2. The molecular formula is C13H12BrClN2. The fraction of sp³-hybridized carbons (Fsp3) is 0.0769. The van der Waals surface area contributed by atoms with Gasteiger partial charge in [-0.3, -0.25) is 0 Å². The first kappa shape index (κ1) is 12.3. The Kier molecular flexibility index (Phi) is 3.60. The topological polar surface area (TPSA) is 38.0 Å². The van der Waals surface area contributed by atoms with Gasteiger partial charge in [0.2, 0.25) is 0 Å². The number of aryl methyl sites for hydroxylation is 1. The number of nitrogen functional groups attached to an aromatic ring is 1. The maximum absolute atomic E-state index is 6.15. The fourth-order valence-corrected chi connectivity index (χ4v) is 2.31. The predicted octanol–water partition coefficient (Wildman–Crippen LogP) is 4.74. The molecule has 0 spiro atoms. The van der Waals surface area contributed by atoms with Crippen molar-refractivity contribution in [2.45, 2.75) is 6.92 Å². The molecule has 0 unspecified atom stereocenters. The van der Waals surface area contributed by atoms with Gasteiger partial charge in [0.05, 0.1) is 22.1 Å². The molecule has 88 valence electrons. The molecule has 0 fully saturated rings. The Balaban J connectivity index is 2.38. The van der Waals surface area contributed by atoms with Crippen LogP contribution < -0.4 is 11.1 Å². The van der Waals surface area contributed by atoms with Crippen LogP contribution in [0.3, 0.4) is 0 Å². The third kappa shape index (κ3) is 2.73. The van der Waals surface area contributed by atoms with Gasteiger partial charge in [0.25, 0.3) is 0 Å². The lowest BCUT2D eigenvalue weighted by Crippen LogP contribution is -1.98. The molecule has 2 aromatic rings. The summed E-state index contributed by atoms with van der Waals surface area (Å²) in [5.74, 6) is 0. The van der Waals surface area contributed by atoms with Crippen LogP contribution in [0.25, 0.3) is 0 Å². The smallest absolute Gasteiger partial charge is 0.0652 e. The highest BCUT2D eigenvalue weighted by Crippen LogP contribution is 2.32. The molecule has 2 aromatic carbocycles.